The molecule has 1 atom stereocenters. The first-order chi connectivity index (χ1) is 15.5. The second-order valence-electron chi connectivity index (χ2n) is 7.17. The van der Waals surface area contributed by atoms with Crippen LogP contribution in [0, 0.1) is 5.82 Å². The molecule has 1 aliphatic rings. The number of halogens is 2. The Kier molecular flexibility index (Phi) is 5.00. The van der Waals surface area contributed by atoms with Crippen LogP contribution >= 0.6 is 22.9 Å². The Labute approximate surface area is 191 Å². The van der Waals surface area contributed by atoms with Crippen LogP contribution in [0.15, 0.2) is 78.4 Å². The van der Waals surface area contributed by atoms with Crippen molar-refractivity contribution < 1.29 is 19.1 Å². The fraction of sp³-hybridized carbons (Fsp3) is 0.0417. The Bertz CT molecular complexity index is 1420. The maximum absolute atomic E-state index is 14.9. The Morgan fingerprint density at radius 2 is 1.75 bits per heavy atom. The molecule has 5 rings (SSSR count). The molecule has 8 heteroatoms. The quantitative estimate of drug-likeness (QED) is 0.239. The largest absolute Gasteiger partial charge is 0.507 e. The first-order valence-electron chi connectivity index (χ1n) is 9.62. The minimum Gasteiger partial charge on any atom is -0.507 e. The van der Waals surface area contributed by atoms with Gasteiger partial charge in [-0.25, -0.2) is 9.37 Å². The van der Waals surface area contributed by atoms with Gasteiger partial charge in [-0.3, -0.25) is 14.5 Å². The number of aromatic nitrogens is 1. The van der Waals surface area contributed by atoms with E-state index < -0.39 is 23.5 Å². The lowest BCUT2D eigenvalue weighted by molar-refractivity contribution is -0.132. The van der Waals surface area contributed by atoms with Gasteiger partial charge in [0.1, 0.15) is 17.6 Å². The van der Waals surface area contributed by atoms with E-state index in [1.54, 1.807) is 54.6 Å². The van der Waals surface area contributed by atoms with E-state index >= 15 is 0 Å². The second kappa shape index (κ2) is 7.85. The Balaban J connectivity index is 1.76. The Hall–Kier alpha value is -3.55. The van der Waals surface area contributed by atoms with E-state index in [2.05, 4.69) is 4.98 Å². The molecular formula is C24H14ClFN2O3S. The lowest BCUT2D eigenvalue weighted by Gasteiger charge is -2.23. The number of fused-ring (bicyclic) bond motifs is 1. The normalized spacial score (nSPS) is 17.9. The van der Waals surface area contributed by atoms with Crippen molar-refractivity contribution in [2.75, 3.05) is 4.90 Å². The number of hydrogen-bond acceptors (Lipinski definition) is 5. The standard InChI is InChI=1S/C24H14ClFN2O3S/c25-14-10-11-17-18(12-14)32-24(27-17)28-20(15-8-4-5-9-16(15)26)19(22(30)23(28)31)21(29)13-6-2-1-3-7-13/h1-12,20,29H/b21-19+. The number of aliphatic hydroxyl groups excluding tert-OH is 1. The molecule has 0 saturated carbocycles. The maximum atomic E-state index is 14.9. The molecule has 158 valence electrons. The lowest BCUT2D eigenvalue weighted by atomic mass is 9.95. The van der Waals surface area contributed by atoms with Gasteiger partial charge in [-0.05, 0) is 24.3 Å². The number of nitrogens with zero attached hydrogens (tertiary/aromatic N) is 2. The van der Waals surface area contributed by atoms with Crippen molar-refractivity contribution in [3.05, 3.63) is 100 Å². The summed E-state index contributed by atoms with van der Waals surface area (Å²) in [6, 6.07) is 18.1. The van der Waals surface area contributed by atoms with Crippen molar-refractivity contribution in [3.63, 3.8) is 0 Å². The van der Waals surface area contributed by atoms with Crippen molar-refractivity contribution in [1.29, 1.82) is 0 Å². The highest BCUT2D eigenvalue weighted by Crippen LogP contribution is 2.45. The molecule has 1 N–H and O–H groups in total. The highest BCUT2D eigenvalue weighted by Gasteiger charge is 2.49. The number of benzene rings is 3. The number of aliphatic hydroxyl groups is 1. The third-order valence-corrected chi connectivity index (χ3v) is 6.49. The molecule has 4 aromatic rings. The van der Waals surface area contributed by atoms with Gasteiger partial charge in [-0.1, -0.05) is 71.5 Å². The number of carbonyl (C=O) groups excluding carboxylic acids is 2. The number of amides is 1. The van der Waals surface area contributed by atoms with Crippen LogP contribution in [-0.4, -0.2) is 21.8 Å². The maximum Gasteiger partial charge on any atom is 0.301 e. The molecule has 1 aromatic heterocycles. The fourth-order valence-electron chi connectivity index (χ4n) is 3.76. The molecule has 0 bridgehead atoms. The zero-order chi connectivity index (χ0) is 22.4. The smallest absolute Gasteiger partial charge is 0.301 e. The summed E-state index contributed by atoms with van der Waals surface area (Å²) in [7, 11) is 0. The molecule has 2 heterocycles. The van der Waals surface area contributed by atoms with E-state index in [0.717, 1.165) is 16.2 Å². The topological polar surface area (TPSA) is 70.5 Å². The average molecular weight is 465 g/mol. The van der Waals surface area contributed by atoms with E-state index in [9.17, 15) is 19.1 Å². The van der Waals surface area contributed by atoms with Gasteiger partial charge in [-0.2, -0.15) is 0 Å². The van der Waals surface area contributed by atoms with E-state index in [1.807, 2.05) is 0 Å². The van der Waals surface area contributed by atoms with Crippen LogP contribution in [0.1, 0.15) is 17.2 Å². The van der Waals surface area contributed by atoms with Gasteiger partial charge in [0.25, 0.3) is 5.78 Å². The molecule has 0 spiro atoms. The van der Waals surface area contributed by atoms with Crippen LogP contribution in [0.25, 0.3) is 16.0 Å². The van der Waals surface area contributed by atoms with Gasteiger partial charge >= 0.3 is 5.91 Å². The summed E-state index contributed by atoms with van der Waals surface area (Å²) in [6.07, 6.45) is 0. The van der Waals surface area contributed by atoms with Crippen molar-refractivity contribution >= 4 is 55.7 Å². The predicted molar refractivity (Wildman–Crippen MR) is 122 cm³/mol. The molecule has 1 saturated heterocycles. The average Bonchev–Trinajstić information content (AvgIpc) is 3.32. The predicted octanol–water partition coefficient (Wildman–Crippen LogP) is 5.72. The molecule has 1 amide bonds. The third-order valence-electron chi connectivity index (χ3n) is 5.24. The monoisotopic (exact) mass is 464 g/mol. The Morgan fingerprint density at radius 3 is 2.50 bits per heavy atom. The van der Waals surface area contributed by atoms with Crippen LogP contribution in [-0.2, 0) is 9.59 Å². The molecule has 1 fully saturated rings. The van der Waals surface area contributed by atoms with Crippen LogP contribution in [0.3, 0.4) is 0 Å². The SMILES string of the molecule is O=C1C(=O)N(c2nc3ccc(Cl)cc3s2)C(c2ccccc2F)/C1=C(\O)c1ccccc1. The van der Waals surface area contributed by atoms with Gasteiger partial charge in [0.05, 0.1) is 15.8 Å². The molecule has 1 aliphatic heterocycles. The van der Waals surface area contributed by atoms with Crippen molar-refractivity contribution in [3.8, 4) is 0 Å². The summed E-state index contributed by atoms with van der Waals surface area (Å²) in [5, 5.41) is 11.7. The van der Waals surface area contributed by atoms with E-state index in [4.69, 9.17) is 11.6 Å². The summed E-state index contributed by atoms with van der Waals surface area (Å²) in [4.78, 5) is 31.9. The molecule has 5 nitrogen and oxygen atoms in total. The lowest BCUT2D eigenvalue weighted by Crippen LogP contribution is -2.29. The zero-order valence-corrected chi connectivity index (χ0v) is 17.9. The fourth-order valence-corrected chi connectivity index (χ4v) is 5.03. The minimum atomic E-state index is -1.17. The number of rotatable bonds is 3. The van der Waals surface area contributed by atoms with Crippen LogP contribution in [0.4, 0.5) is 9.52 Å². The molecule has 3 aromatic carbocycles. The summed E-state index contributed by atoms with van der Waals surface area (Å²) in [5.74, 6) is -2.77. The van der Waals surface area contributed by atoms with E-state index in [1.165, 1.54) is 18.2 Å². The van der Waals surface area contributed by atoms with E-state index in [-0.39, 0.29) is 22.0 Å². The van der Waals surface area contributed by atoms with Gasteiger partial charge in [-0.15, -0.1) is 0 Å². The summed E-state index contributed by atoms with van der Waals surface area (Å²) < 4.78 is 15.6. The third kappa shape index (κ3) is 3.26. The molecular weight excluding hydrogens is 451 g/mol. The summed E-state index contributed by atoms with van der Waals surface area (Å²) >= 11 is 7.23. The van der Waals surface area contributed by atoms with Crippen molar-refractivity contribution in [2.45, 2.75) is 6.04 Å². The van der Waals surface area contributed by atoms with Gasteiger partial charge in [0, 0.05) is 16.1 Å². The molecule has 0 radical (unpaired) electrons. The van der Waals surface area contributed by atoms with Crippen molar-refractivity contribution in [1.82, 2.24) is 4.98 Å². The number of thiazole rings is 1. The van der Waals surface area contributed by atoms with E-state index in [0.29, 0.717) is 20.8 Å². The highest BCUT2D eigenvalue weighted by molar-refractivity contribution is 7.22. The highest BCUT2D eigenvalue weighted by atomic mass is 35.5. The molecule has 32 heavy (non-hydrogen) atoms. The first kappa shape index (κ1) is 20.4. The Morgan fingerprint density at radius 1 is 1.03 bits per heavy atom. The summed E-state index contributed by atoms with van der Waals surface area (Å²) in [6.45, 7) is 0. The van der Waals surface area contributed by atoms with Gasteiger partial charge in [0.2, 0.25) is 0 Å². The van der Waals surface area contributed by atoms with Gasteiger partial charge < -0.3 is 5.11 Å². The summed E-state index contributed by atoms with van der Waals surface area (Å²) in [5.41, 5.74) is 0.833. The minimum absolute atomic E-state index is 0.0847. The van der Waals surface area contributed by atoms with Crippen LogP contribution in [0.2, 0.25) is 5.02 Å². The van der Waals surface area contributed by atoms with Crippen LogP contribution < -0.4 is 4.90 Å². The second-order valence-corrected chi connectivity index (χ2v) is 8.61. The van der Waals surface area contributed by atoms with Gasteiger partial charge in [0.15, 0.2) is 5.13 Å². The number of Topliss-reactive ketones (excluding diaryl/α,β-unsaturated/α-hetero) is 1. The molecule has 0 aliphatic carbocycles. The molecule has 1 unspecified atom stereocenters. The first-order valence-corrected chi connectivity index (χ1v) is 10.8. The number of hydrogen-bond donors (Lipinski definition) is 1. The van der Waals surface area contributed by atoms with Crippen molar-refractivity contribution in [2.24, 2.45) is 0 Å². The number of ketones is 1. The van der Waals surface area contributed by atoms with Crippen LogP contribution in [0.5, 0.6) is 0 Å². The zero-order valence-electron chi connectivity index (χ0n) is 16.3. The number of anilines is 1. The number of carbonyl (C=O) groups is 2.